The highest BCUT2D eigenvalue weighted by Gasteiger charge is 2.08. The molecule has 0 saturated carbocycles. The van der Waals surface area contributed by atoms with E-state index in [9.17, 15) is 5.11 Å². The number of nitrogens with two attached hydrogens (primary N) is 1. The number of phenolic OH excluding ortho intramolecular Hbond substituents is 1. The fraction of sp³-hybridized carbons (Fsp3) is 0.250. The van der Waals surface area contributed by atoms with Crippen molar-refractivity contribution in [2.75, 3.05) is 12.3 Å². The predicted molar refractivity (Wildman–Crippen MR) is 65.9 cm³/mol. The van der Waals surface area contributed by atoms with E-state index in [-0.39, 0.29) is 5.75 Å². The van der Waals surface area contributed by atoms with Crippen LogP contribution in [0.4, 0.5) is 5.82 Å². The smallest absolute Gasteiger partial charge is 0.161 e. The first-order valence-electron chi connectivity index (χ1n) is 5.37. The highest BCUT2D eigenvalue weighted by molar-refractivity contribution is 5.65. The quantitative estimate of drug-likeness (QED) is 0.847. The van der Waals surface area contributed by atoms with Gasteiger partial charge in [-0.15, -0.1) is 0 Å². The van der Waals surface area contributed by atoms with Gasteiger partial charge in [0.1, 0.15) is 5.82 Å². The Morgan fingerprint density at radius 2 is 2.18 bits per heavy atom. The molecule has 1 aromatic carbocycles. The van der Waals surface area contributed by atoms with Crippen molar-refractivity contribution < 1.29 is 9.84 Å². The van der Waals surface area contributed by atoms with Crippen LogP contribution in [0, 0.1) is 0 Å². The van der Waals surface area contributed by atoms with Crippen molar-refractivity contribution in [1.82, 2.24) is 9.78 Å². The van der Waals surface area contributed by atoms with Crippen molar-refractivity contribution in [2.24, 2.45) is 7.05 Å². The molecule has 5 heteroatoms. The minimum atomic E-state index is 0.125. The van der Waals surface area contributed by atoms with Crippen LogP contribution in [0.3, 0.4) is 0 Å². The summed E-state index contributed by atoms with van der Waals surface area (Å²) in [5, 5.41) is 13.9. The molecule has 0 amide bonds. The van der Waals surface area contributed by atoms with Crippen LogP contribution in [0.1, 0.15) is 6.92 Å². The molecule has 0 aliphatic heterocycles. The molecule has 1 heterocycles. The van der Waals surface area contributed by atoms with Gasteiger partial charge in [0.15, 0.2) is 11.5 Å². The van der Waals surface area contributed by atoms with Gasteiger partial charge >= 0.3 is 0 Å². The second-order valence-electron chi connectivity index (χ2n) is 3.69. The Morgan fingerprint density at radius 3 is 2.76 bits per heavy atom. The molecular formula is C12H15N3O2. The molecule has 0 aliphatic rings. The number of hydrogen-bond donors (Lipinski definition) is 2. The van der Waals surface area contributed by atoms with Gasteiger partial charge < -0.3 is 15.6 Å². The van der Waals surface area contributed by atoms with Crippen molar-refractivity contribution in [3.05, 3.63) is 24.3 Å². The fourth-order valence-electron chi connectivity index (χ4n) is 1.57. The van der Waals surface area contributed by atoms with Crippen molar-refractivity contribution in [3.8, 4) is 22.8 Å². The molecular weight excluding hydrogens is 218 g/mol. The van der Waals surface area contributed by atoms with Gasteiger partial charge in [-0.1, -0.05) is 0 Å². The molecule has 5 nitrogen and oxygen atoms in total. The lowest BCUT2D eigenvalue weighted by Crippen LogP contribution is -1.96. The third-order valence-electron chi connectivity index (χ3n) is 2.47. The largest absolute Gasteiger partial charge is 0.504 e. The molecule has 0 unspecified atom stereocenters. The minimum Gasteiger partial charge on any atom is -0.504 e. The predicted octanol–water partition coefficient (Wildman–Crippen LogP) is 1.77. The highest BCUT2D eigenvalue weighted by atomic mass is 16.5. The third-order valence-corrected chi connectivity index (χ3v) is 2.47. The van der Waals surface area contributed by atoms with Crippen LogP contribution in [0.2, 0.25) is 0 Å². The first kappa shape index (κ1) is 11.3. The number of hydrogen-bond acceptors (Lipinski definition) is 4. The normalized spacial score (nSPS) is 10.5. The van der Waals surface area contributed by atoms with Gasteiger partial charge in [-0.25, -0.2) is 0 Å². The average molecular weight is 233 g/mol. The maximum Gasteiger partial charge on any atom is 0.161 e. The molecule has 2 aromatic rings. The fourth-order valence-corrected chi connectivity index (χ4v) is 1.57. The monoisotopic (exact) mass is 233 g/mol. The molecule has 90 valence electrons. The van der Waals surface area contributed by atoms with Gasteiger partial charge in [-0.2, -0.15) is 5.10 Å². The number of phenols is 1. The Labute approximate surface area is 99.4 Å². The molecule has 0 bridgehead atoms. The van der Waals surface area contributed by atoms with Gasteiger partial charge in [0.25, 0.3) is 0 Å². The summed E-state index contributed by atoms with van der Waals surface area (Å²) in [6.07, 6.45) is 0. The van der Waals surface area contributed by atoms with Crippen LogP contribution >= 0.6 is 0 Å². The summed E-state index contributed by atoms with van der Waals surface area (Å²) in [4.78, 5) is 0. The van der Waals surface area contributed by atoms with Gasteiger partial charge in [0.2, 0.25) is 0 Å². The third kappa shape index (κ3) is 2.18. The van der Waals surface area contributed by atoms with Crippen LogP contribution in [-0.4, -0.2) is 21.5 Å². The average Bonchev–Trinajstić information content (AvgIpc) is 2.63. The van der Waals surface area contributed by atoms with E-state index < -0.39 is 0 Å². The summed E-state index contributed by atoms with van der Waals surface area (Å²) < 4.78 is 6.92. The number of ether oxygens (including phenoxy) is 1. The number of aromatic hydroxyl groups is 1. The van der Waals surface area contributed by atoms with Gasteiger partial charge in [0.05, 0.1) is 12.3 Å². The van der Waals surface area contributed by atoms with Crippen LogP contribution in [0.25, 0.3) is 11.3 Å². The number of nitrogens with zero attached hydrogens (tertiary/aromatic N) is 2. The van der Waals surface area contributed by atoms with E-state index >= 15 is 0 Å². The zero-order valence-electron chi connectivity index (χ0n) is 9.84. The van der Waals surface area contributed by atoms with E-state index in [1.54, 1.807) is 36.0 Å². The molecule has 0 aliphatic carbocycles. The van der Waals surface area contributed by atoms with Crippen molar-refractivity contribution >= 4 is 5.82 Å². The van der Waals surface area contributed by atoms with Gasteiger partial charge in [-0.05, 0) is 25.1 Å². The summed E-state index contributed by atoms with van der Waals surface area (Å²) in [6.45, 7) is 2.37. The Bertz CT molecular complexity index is 515. The Kier molecular flexibility index (Phi) is 2.91. The van der Waals surface area contributed by atoms with Crippen molar-refractivity contribution in [1.29, 1.82) is 0 Å². The second-order valence-corrected chi connectivity index (χ2v) is 3.69. The molecule has 1 aromatic heterocycles. The standard InChI is InChI=1S/C12H15N3O2/c1-3-17-11-6-8(4-5-10(11)16)9-7-12(13)15(2)14-9/h4-7,16H,3,13H2,1-2H3. The van der Waals surface area contributed by atoms with Crippen LogP contribution < -0.4 is 10.5 Å². The summed E-state index contributed by atoms with van der Waals surface area (Å²) >= 11 is 0. The second kappa shape index (κ2) is 4.37. The number of benzene rings is 1. The molecule has 0 atom stereocenters. The summed E-state index contributed by atoms with van der Waals surface area (Å²) in [5.41, 5.74) is 7.34. The van der Waals surface area contributed by atoms with Crippen molar-refractivity contribution in [3.63, 3.8) is 0 Å². The summed E-state index contributed by atoms with van der Waals surface area (Å²) in [7, 11) is 1.78. The molecule has 0 spiro atoms. The van der Waals surface area contributed by atoms with E-state index in [2.05, 4.69) is 5.10 Å². The zero-order valence-corrected chi connectivity index (χ0v) is 9.84. The topological polar surface area (TPSA) is 73.3 Å². The molecule has 3 N–H and O–H groups in total. The van der Waals surface area contributed by atoms with E-state index in [0.717, 1.165) is 11.3 Å². The zero-order chi connectivity index (χ0) is 12.4. The highest BCUT2D eigenvalue weighted by Crippen LogP contribution is 2.31. The first-order valence-corrected chi connectivity index (χ1v) is 5.37. The molecule has 0 radical (unpaired) electrons. The van der Waals surface area contributed by atoms with Crippen LogP contribution in [0.5, 0.6) is 11.5 Å². The number of anilines is 1. The molecule has 0 saturated heterocycles. The maximum absolute atomic E-state index is 9.60. The maximum atomic E-state index is 9.60. The Hall–Kier alpha value is -2.17. The van der Waals surface area contributed by atoms with E-state index in [4.69, 9.17) is 10.5 Å². The number of aromatic nitrogens is 2. The van der Waals surface area contributed by atoms with Crippen molar-refractivity contribution in [2.45, 2.75) is 6.92 Å². The Morgan fingerprint density at radius 1 is 1.41 bits per heavy atom. The number of aryl methyl sites for hydroxylation is 1. The Balaban J connectivity index is 2.42. The van der Waals surface area contributed by atoms with E-state index in [1.165, 1.54) is 0 Å². The summed E-state index contributed by atoms with van der Waals surface area (Å²) in [5.74, 6) is 1.17. The molecule has 0 fully saturated rings. The van der Waals surface area contributed by atoms with Crippen LogP contribution in [0.15, 0.2) is 24.3 Å². The van der Waals surface area contributed by atoms with E-state index in [0.29, 0.717) is 18.2 Å². The van der Waals surface area contributed by atoms with Crippen LogP contribution in [-0.2, 0) is 7.05 Å². The summed E-state index contributed by atoms with van der Waals surface area (Å²) in [6, 6.07) is 6.90. The lowest BCUT2D eigenvalue weighted by Gasteiger charge is -2.06. The minimum absolute atomic E-state index is 0.125. The first-order chi connectivity index (χ1) is 8.11. The number of rotatable bonds is 3. The molecule has 2 rings (SSSR count). The number of nitrogen functional groups attached to an aromatic ring is 1. The molecule has 17 heavy (non-hydrogen) atoms. The van der Waals surface area contributed by atoms with Gasteiger partial charge in [-0.3, -0.25) is 4.68 Å². The SMILES string of the molecule is CCOc1cc(-c2cc(N)n(C)n2)ccc1O. The van der Waals surface area contributed by atoms with E-state index in [1.807, 2.05) is 6.92 Å². The lowest BCUT2D eigenvalue weighted by molar-refractivity contribution is 0.318. The lowest BCUT2D eigenvalue weighted by atomic mass is 10.1. The van der Waals surface area contributed by atoms with Gasteiger partial charge in [0, 0.05) is 18.7 Å².